The molecule has 2 heterocycles. The van der Waals surface area contributed by atoms with Gasteiger partial charge in [-0.1, -0.05) is 12.1 Å². The Morgan fingerprint density at radius 3 is 2.46 bits per heavy atom. The van der Waals surface area contributed by atoms with Crippen molar-refractivity contribution < 1.29 is 23.8 Å². The van der Waals surface area contributed by atoms with Crippen molar-refractivity contribution in [2.45, 2.75) is 25.7 Å². The summed E-state index contributed by atoms with van der Waals surface area (Å²) in [7, 11) is 4.88. The molecule has 0 aromatic heterocycles. The number of carbonyl (C=O) groups is 2. The van der Waals surface area contributed by atoms with Crippen LogP contribution >= 0.6 is 0 Å². The highest BCUT2D eigenvalue weighted by atomic mass is 16.5. The van der Waals surface area contributed by atoms with Crippen molar-refractivity contribution in [3.63, 3.8) is 0 Å². The molecule has 0 saturated carbocycles. The number of hydrogen-bond donors (Lipinski definition) is 1. The van der Waals surface area contributed by atoms with Gasteiger partial charge in [0.1, 0.15) is 5.75 Å². The Bertz CT molecular complexity index is 1030. The lowest BCUT2D eigenvalue weighted by Gasteiger charge is -2.37. The second-order valence-corrected chi connectivity index (χ2v) is 9.19. The Morgan fingerprint density at radius 2 is 1.74 bits per heavy atom. The van der Waals surface area contributed by atoms with E-state index >= 15 is 0 Å². The van der Waals surface area contributed by atoms with E-state index in [2.05, 4.69) is 5.32 Å². The molecule has 0 spiro atoms. The first-order chi connectivity index (χ1) is 17.0. The van der Waals surface area contributed by atoms with Gasteiger partial charge < -0.3 is 29.3 Å². The number of carbonyl (C=O) groups excluding carboxylic acids is 2. The Morgan fingerprint density at radius 1 is 0.971 bits per heavy atom. The normalized spacial score (nSPS) is 20.0. The predicted molar refractivity (Wildman–Crippen MR) is 134 cm³/mol. The van der Waals surface area contributed by atoms with Crippen LogP contribution in [-0.4, -0.2) is 69.2 Å². The Balaban J connectivity index is 1.33. The first kappa shape index (κ1) is 24.7. The number of rotatable bonds is 7. The van der Waals surface area contributed by atoms with Gasteiger partial charge in [-0.2, -0.15) is 0 Å². The third kappa shape index (κ3) is 5.81. The molecule has 8 nitrogen and oxygen atoms in total. The Kier molecular flexibility index (Phi) is 8.00. The lowest BCUT2D eigenvalue weighted by atomic mass is 9.82. The fourth-order valence-corrected chi connectivity index (χ4v) is 5.18. The molecule has 0 unspecified atom stereocenters. The van der Waals surface area contributed by atoms with Gasteiger partial charge in [-0.05, 0) is 67.0 Å². The fraction of sp³-hybridized carbons (Fsp3) is 0.481. The van der Waals surface area contributed by atoms with Crippen LogP contribution in [0.1, 0.15) is 24.8 Å². The van der Waals surface area contributed by atoms with Gasteiger partial charge in [0.25, 0.3) is 0 Å². The number of likely N-dealkylation sites (tertiary alicyclic amines) is 2. The molecule has 2 fully saturated rings. The molecule has 3 amide bonds. The summed E-state index contributed by atoms with van der Waals surface area (Å²) in [5.41, 5.74) is 1.77. The summed E-state index contributed by atoms with van der Waals surface area (Å²) in [6.07, 6.45) is 3.01. The molecule has 4 rings (SSSR count). The summed E-state index contributed by atoms with van der Waals surface area (Å²) in [5, 5.41) is 2.98. The number of fused-ring (bicyclic) bond motifs is 1. The maximum Gasteiger partial charge on any atom is 0.321 e. The maximum absolute atomic E-state index is 13.0. The molecule has 0 radical (unpaired) electrons. The quantitative estimate of drug-likeness (QED) is 0.646. The number of methoxy groups -OCH3 is 3. The van der Waals surface area contributed by atoms with Crippen molar-refractivity contribution in [1.29, 1.82) is 0 Å². The molecule has 8 heteroatoms. The fourth-order valence-electron chi connectivity index (χ4n) is 5.18. The minimum absolute atomic E-state index is 0.0915. The predicted octanol–water partition coefficient (Wildman–Crippen LogP) is 4.05. The second kappa shape index (κ2) is 11.3. The van der Waals surface area contributed by atoms with E-state index in [1.165, 1.54) is 0 Å². The Labute approximate surface area is 207 Å². The average molecular weight is 482 g/mol. The van der Waals surface area contributed by atoms with Crippen molar-refractivity contribution in [3.05, 3.63) is 48.0 Å². The minimum atomic E-state index is -0.0915. The summed E-state index contributed by atoms with van der Waals surface area (Å²) in [4.78, 5) is 29.8. The number of benzene rings is 2. The summed E-state index contributed by atoms with van der Waals surface area (Å²) < 4.78 is 16.1. The molecule has 2 aromatic carbocycles. The first-order valence-electron chi connectivity index (χ1n) is 12.2. The number of ether oxygens (including phenoxy) is 3. The number of hydrogen-bond acceptors (Lipinski definition) is 5. The first-order valence-corrected chi connectivity index (χ1v) is 12.2. The van der Waals surface area contributed by atoms with E-state index in [-0.39, 0.29) is 11.9 Å². The molecule has 2 atom stereocenters. The molecule has 2 saturated heterocycles. The molecule has 0 aliphatic carbocycles. The molecular formula is C27H35N3O5. The van der Waals surface area contributed by atoms with Crippen molar-refractivity contribution in [2.24, 2.45) is 11.8 Å². The second-order valence-electron chi connectivity index (χ2n) is 9.19. The van der Waals surface area contributed by atoms with Crippen LogP contribution in [0.3, 0.4) is 0 Å². The molecule has 2 aromatic rings. The summed E-state index contributed by atoms with van der Waals surface area (Å²) in [6, 6.07) is 13.1. The molecule has 188 valence electrons. The summed E-state index contributed by atoms with van der Waals surface area (Å²) in [6.45, 7) is 2.69. The van der Waals surface area contributed by atoms with Crippen LogP contribution < -0.4 is 19.5 Å². The molecule has 1 N–H and O–H groups in total. The highest BCUT2D eigenvalue weighted by Gasteiger charge is 2.36. The summed E-state index contributed by atoms with van der Waals surface area (Å²) in [5.74, 6) is 3.03. The van der Waals surface area contributed by atoms with E-state index in [1.54, 1.807) is 21.3 Å². The lowest BCUT2D eigenvalue weighted by molar-refractivity contribution is -0.131. The van der Waals surface area contributed by atoms with Gasteiger partial charge in [0.15, 0.2) is 11.5 Å². The van der Waals surface area contributed by atoms with Gasteiger partial charge in [0, 0.05) is 38.3 Å². The standard InChI is InChI=1S/C27H35N3O5/c1-33-23-9-7-22(8-10-23)28-27(32)30-16-12-20-17-25(31)29(15-13-21(20)18-30)14-11-19-5-4-6-24(34-2)26(19)35-3/h4-10,20-21H,11-18H2,1-3H3,(H,28,32)/t20-,21+/m1/s1. The zero-order valence-corrected chi connectivity index (χ0v) is 20.8. The topological polar surface area (TPSA) is 80.3 Å². The number of amides is 3. The van der Waals surface area contributed by atoms with Gasteiger partial charge in [0.2, 0.25) is 5.91 Å². The molecule has 2 aliphatic rings. The number of nitrogens with zero attached hydrogens (tertiary/aromatic N) is 2. The van der Waals surface area contributed by atoms with Crippen molar-refractivity contribution in [3.8, 4) is 17.2 Å². The van der Waals surface area contributed by atoms with Gasteiger partial charge in [0.05, 0.1) is 21.3 Å². The molecule has 0 bridgehead atoms. The van der Waals surface area contributed by atoms with Crippen molar-refractivity contribution in [2.75, 3.05) is 52.8 Å². The lowest BCUT2D eigenvalue weighted by Crippen LogP contribution is -2.45. The van der Waals surface area contributed by atoms with E-state index in [0.29, 0.717) is 56.6 Å². The SMILES string of the molecule is COc1ccc(NC(=O)N2CC[C@@H]3CC(=O)N(CCc4cccc(OC)c4OC)CC[C@H]3C2)cc1. The van der Waals surface area contributed by atoms with E-state index in [1.807, 2.05) is 52.3 Å². The van der Waals surface area contributed by atoms with Gasteiger partial charge >= 0.3 is 6.03 Å². The van der Waals surface area contributed by atoms with Crippen molar-refractivity contribution >= 4 is 17.6 Å². The number of anilines is 1. The number of urea groups is 1. The zero-order chi connectivity index (χ0) is 24.8. The molecule has 2 aliphatic heterocycles. The van der Waals surface area contributed by atoms with Crippen LogP contribution in [0.4, 0.5) is 10.5 Å². The van der Waals surface area contributed by atoms with Crippen LogP contribution in [0.2, 0.25) is 0 Å². The van der Waals surface area contributed by atoms with Gasteiger partial charge in [-0.15, -0.1) is 0 Å². The monoisotopic (exact) mass is 481 g/mol. The maximum atomic E-state index is 13.0. The highest BCUT2D eigenvalue weighted by molar-refractivity contribution is 5.89. The van der Waals surface area contributed by atoms with Crippen molar-refractivity contribution in [1.82, 2.24) is 9.80 Å². The number of piperidine rings is 1. The molecule has 35 heavy (non-hydrogen) atoms. The zero-order valence-electron chi connectivity index (χ0n) is 20.8. The average Bonchev–Trinajstić information content (AvgIpc) is 3.04. The van der Waals surface area contributed by atoms with Crippen LogP contribution in [0.25, 0.3) is 0 Å². The number of nitrogens with one attached hydrogen (secondary N) is 1. The highest BCUT2D eigenvalue weighted by Crippen LogP contribution is 2.34. The molecular weight excluding hydrogens is 446 g/mol. The van der Waals surface area contributed by atoms with E-state index in [9.17, 15) is 9.59 Å². The van der Waals surface area contributed by atoms with Crippen LogP contribution in [0.5, 0.6) is 17.2 Å². The summed E-state index contributed by atoms with van der Waals surface area (Å²) >= 11 is 0. The van der Waals surface area contributed by atoms with Gasteiger partial charge in [-0.25, -0.2) is 4.79 Å². The smallest absolute Gasteiger partial charge is 0.321 e. The van der Waals surface area contributed by atoms with Crippen LogP contribution in [0.15, 0.2) is 42.5 Å². The number of para-hydroxylation sites is 1. The van der Waals surface area contributed by atoms with E-state index in [4.69, 9.17) is 14.2 Å². The Hall–Kier alpha value is -3.42. The van der Waals surface area contributed by atoms with Crippen LogP contribution in [0, 0.1) is 11.8 Å². The minimum Gasteiger partial charge on any atom is -0.497 e. The third-order valence-electron chi connectivity index (χ3n) is 7.21. The largest absolute Gasteiger partial charge is 0.497 e. The van der Waals surface area contributed by atoms with E-state index in [0.717, 1.165) is 35.6 Å². The van der Waals surface area contributed by atoms with Gasteiger partial charge in [-0.3, -0.25) is 4.79 Å². The van der Waals surface area contributed by atoms with E-state index < -0.39 is 0 Å². The van der Waals surface area contributed by atoms with Crippen LogP contribution in [-0.2, 0) is 11.2 Å². The third-order valence-corrected chi connectivity index (χ3v) is 7.21.